The van der Waals surface area contributed by atoms with Gasteiger partial charge < -0.3 is 24.6 Å². The first kappa shape index (κ1) is 27.9. The van der Waals surface area contributed by atoms with Gasteiger partial charge in [-0.1, -0.05) is 12.1 Å². The third-order valence-electron chi connectivity index (χ3n) is 5.95. The van der Waals surface area contributed by atoms with Crippen molar-refractivity contribution < 1.29 is 41.1 Å². The fourth-order valence-electron chi connectivity index (χ4n) is 3.91. The minimum Gasteiger partial charge on any atom is -0.475 e. The van der Waals surface area contributed by atoms with Gasteiger partial charge in [-0.3, -0.25) is 0 Å². The lowest BCUT2D eigenvalue weighted by Crippen LogP contribution is -2.49. The number of alkyl halides is 3. The molecule has 37 heavy (non-hydrogen) atoms. The summed E-state index contributed by atoms with van der Waals surface area (Å²) < 4.78 is 64.6. The molecule has 3 aromatic rings. The first-order chi connectivity index (χ1) is 17.4. The Hall–Kier alpha value is -3.67. The van der Waals surface area contributed by atoms with Gasteiger partial charge in [0, 0.05) is 29.6 Å². The van der Waals surface area contributed by atoms with E-state index in [-0.39, 0.29) is 18.6 Å². The number of carbonyl (C=O) groups excluding carboxylic acids is 1. The van der Waals surface area contributed by atoms with Crippen molar-refractivity contribution >= 4 is 23.0 Å². The number of furan rings is 1. The smallest absolute Gasteiger partial charge is 0.475 e. The monoisotopic (exact) mass is 527 g/mol. The van der Waals surface area contributed by atoms with Gasteiger partial charge in [0.05, 0.1) is 12.8 Å². The number of halogens is 5. The Labute approximate surface area is 209 Å². The highest BCUT2D eigenvalue weighted by molar-refractivity contribution is 5.78. The summed E-state index contributed by atoms with van der Waals surface area (Å²) in [4.78, 5) is 25.9. The minimum atomic E-state index is -5.08. The fraction of sp³-hybridized carbons (Fsp3) is 0.360. The van der Waals surface area contributed by atoms with Crippen LogP contribution in [0, 0.1) is 11.6 Å². The second-order valence-electron chi connectivity index (χ2n) is 8.65. The zero-order chi connectivity index (χ0) is 27.2. The molecule has 0 atom stereocenters. The minimum absolute atomic E-state index is 0.00186. The number of piperidine rings is 1. The molecule has 2 aromatic carbocycles. The van der Waals surface area contributed by atoms with E-state index >= 15 is 0 Å². The average Bonchev–Trinajstić information content (AvgIpc) is 3.31. The molecule has 12 heteroatoms. The van der Waals surface area contributed by atoms with Crippen molar-refractivity contribution in [3.63, 3.8) is 0 Å². The van der Waals surface area contributed by atoms with Crippen LogP contribution in [-0.2, 0) is 17.9 Å². The van der Waals surface area contributed by atoms with E-state index in [1.54, 1.807) is 11.2 Å². The molecule has 0 saturated carbocycles. The van der Waals surface area contributed by atoms with E-state index in [2.05, 4.69) is 10.2 Å². The number of carbonyl (C=O) groups is 2. The second kappa shape index (κ2) is 12.0. The van der Waals surface area contributed by atoms with Gasteiger partial charge in [0.1, 0.15) is 17.2 Å². The summed E-state index contributed by atoms with van der Waals surface area (Å²) in [5, 5.41) is 11.1. The number of nitrogens with zero attached hydrogens (tertiary/aromatic N) is 2. The molecule has 1 fully saturated rings. The van der Waals surface area contributed by atoms with E-state index < -0.39 is 23.8 Å². The van der Waals surface area contributed by atoms with E-state index in [0.717, 1.165) is 48.5 Å². The zero-order valence-corrected chi connectivity index (χ0v) is 19.9. The van der Waals surface area contributed by atoms with Crippen LogP contribution in [0.1, 0.15) is 24.0 Å². The number of urea groups is 1. The first-order valence-corrected chi connectivity index (χ1v) is 11.4. The maximum Gasteiger partial charge on any atom is 0.490 e. The number of amides is 2. The topological polar surface area (TPSA) is 86.0 Å². The summed E-state index contributed by atoms with van der Waals surface area (Å²) in [5.41, 5.74) is 2.06. The fourth-order valence-corrected chi connectivity index (χ4v) is 3.91. The normalized spacial score (nSPS) is 14.6. The maximum absolute atomic E-state index is 14.3. The van der Waals surface area contributed by atoms with Crippen LogP contribution in [-0.4, -0.2) is 59.3 Å². The van der Waals surface area contributed by atoms with Crippen LogP contribution in [0.25, 0.3) is 11.0 Å². The van der Waals surface area contributed by atoms with Crippen LogP contribution >= 0.6 is 0 Å². The Balaban J connectivity index is 0.000000479. The average molecular weight is 527 g/mol. The molecule has 2 amide bonds. The van der Waals surface area contributed by atoms with Gasteiger partial charge in [-0.2, -0.15) is 13.2 Å². The number of rotatable bonds is 5. The Morgan fingerprint density at radius 1 is 1.11 bits per heavy atom. The lowest BCUT2D eigenvalue weighted by Gasteiger charge is -2.37. The van der Waals surface area contributed by atoms with Crippen molar-refractivity contribution in [2.45, 2.75) is 38.1 Å². The van der Waals surface area contributed by atoms with Crippen molar-refractivity contribution in [3.05, 3.63) is 71.5 Å². The number of fused-ring (bicyclic) bond motifs is 1. The molecule has 0 aliphatic carbocycles. The van der Waals surface area contributed by atoms with Gasteiger partial charge in [0.25, 0.3) is 0 Å². The first-order valence-electron chi connectivity index (χ1n) is 11.4. The lowest BCUT2D eigenvalue weighted by atomic mass is 10.0. The van der Waals surface area contributed by atoms with Crippen LogP contribution < -0.4 is 5.32 Å². The molecule has 7 nitrogen and oxygen atoms in total. The number of benzene rings is 2. The van der Waals surface area contributed by atoms with Gasteiger partial charge in [-0.25, -0.2) is 18.4 Å². The molecule has 0 spiro atoms. The Bertz CT molecular complexity index is 1220. The summed E-state index contributed by atoms with van der Waals surface area (Å²) in [6.07, 6.45) is -1.83. The number of carboxylic acids is 1. The lowest BCUT2D eigenvalue weighted by molar-refractivity contribution is -0.192. The van der Waals surface area contributed by atoms with E-state index in [0.29, 0.717) is 12.1 Å². The van der Waals surface area contributed by atoms with Gasteiger partial charge in [0.2, 0.25) is 0 Å². The van der Waals surface area contributed by atoms with Gasteiger partial charge in [0.15, 0.2) is 0 Å². The van der Waals surface area contributed by atoms with E-state index in [4.69, 9.17) is 14.3 Å². The highest BCUT2D eigenvalue weighted by Gasteiger charge is 2.38. The molecule has 1 aliphatic rings. The third kappa shape index (κ3) is 7.91. The molecular formula is C25H26F5N3O4. The summed E-state index contributed by atoms with van der Waals surface area (Å²) in [5.74, 6) is -4.01. The molecule has 4 rings (SSSR count). The van der Waals surface area contributed by atoms with Crippen LogP contribution in [0.5, 0.6) is 0 Å². The molecule has 1 saturated heterocycles. The second-order valence-corrected chi connectivity index (χ2v) is 8.65. The number of likely N-dealkylation sites (tertiary alicyclic amines) is 1. The quantitative estimate of drug-likeness (QED) is 0.449. The van der Waals surface area contributed by atoms with Gasteiger partial charge in [-0.05, 0) is 62.8 Å². The summed E-state index contributed by atoms with van der Waals surface area (Å²) in [7, 11) is 2.05. The molecule has 200 valence electrons. The number of hydrogen-bond acceptors (Lipinski definition) is 4. The highest BCUT2D eigenvalue weighted by atomic mass is 19.4. The van der Waals surface area contributed by atoms with Crippen molar-refractivity contribution in [2.75, 3.05) is 20.1 Å². The van der Waals surface area contributed by atoms with Crippen LogP contribution in [0.15, 0.2) is 53.1 Å². The summed E-state index contributed by atoms with van der Waals surface area (Å²) >= 11 is 0. The predicted octanol–water partition coefficient (Wildman–Crippen LogP) is 5.15. The van der Waals surface area contributed by atoms with Crippen LogP contribution in [0.3, 0.4) is 0 Å². The number of carboxylic acid groups (broad SMARTS) is 1. The molecular weight excluding hydrogens is 501 g/mol. The van der Waals surface area contributed by atoms with Crippen LogP contribution in [0.4, 0.5) is 26.7 Å². The number of hydrogen-bond donors (Lipinski definition) is 2. The summed E-state index contributed by atoms with van der Waals surface area (Å²) in [6, 6.07) is 10.9. The van der Waals surface area contributed by atoms with Crippen molar-refractivity contribution in [1.82, 2.24) is 15.1 Å². The molecule has 2 N–H and O–H groups in total. The van der Waals surface area contributed by atoms with Gasteiger partial charge >= 0.3 is 18.2 Å². The zero-order valence-electron chi connectivity index (χ0n) is 19.9. The van der Waals surface area contributed by atoms with Crippen LogP contribution in [0.2, 0.25) is 0 Å². The molecule has 2 heterocycles. The summed E-state index contributed by atoms with van der Waals surface area (Å²) in [6.45, 7) is 2.21. The largest absolute Gasteiger partial charge is 0.490 e. The SMILES string of the molecule is CN1CCC(N(Cc2ccc(F)cc2F)C(=O)NCc2ccc3occc3c2)CC1.O=C(O)C(F)(F)F. The van der Waals surface area contributed by atoms with Crippen molar-refractivity contribution in [3.8, 4) is 0 Å². The molecule has 0 bridgehead atoms. The Morgan fingerprint density at radius 2 is 1.78 bits per heavy atom. The number of nitrogens with one attached hydrogen (secondary N) is 1. The molecule has 0 unspecified atom stereocenters. The standard InChI is InChI=1S/C23H25F2N3O2.C2HF3O2/c1-27-9-6-20(7-10-27)28(15-18-3-4-19(24)13-21(18)25)23(29)26-14-16-2-5-22-17(12-16)8-11-30-22;3-2(4,5)1(6)7/h2-5,8,11-13,20H,6-7,9-10,14-15H2,1H3,(H,26,29);(H,6,7). The predicted molar refractivity (Wildman–Crippen MR) is 125 cm³/mol. The third-order valence-corrected chi connectivity index (χ3v) is 5.95. The Morgan fingerprint density at radius 3 is 2.41 bits per heavy atom. The Kier molecular flexibility index (Phi) is 9.09. The molecule has 0 radical (unpaired) electrons. The molecule has 1 aromatic heterocycles. The van der Waals surface area contributed by atoms with Crippen molar-refractivity contribution in [2.24, 2.45) is 0 Å². The highest BCUT2D eigenvalue weighted by Crippen LogP contribution is 2.21. The maximum atomic E-state index is 14.3. The van der Waals surface area contributed by atoms with Gasteiger partial charge in [-0.15, -0.1) is 0 Å². The van der Waals surface area contributed by atoms with E-state index in [1.807, 2.05) is 31.3 Å². The van der Waals surface area contributed by atoms with E-state index in [1.165, 1.54) is 12.1 Å². The van der Waals surface area contributed by atoms with Crippen molar-refractivity contribution in [1.29, 1.82) is 0 Å². The van der Waals surface area contributed by atoms with E-state index in [9.17, 15) is 26.7 Å². The number of aliphatic carboxylic acids is 1. The molecule has 1 aliphatic heterocycles.